The lowest BCUT2D eigenvalue weighted by Gasteiger charge is -2.01. The topological polar surface area (TPSA) is 43.1 Å². The summed E-state index contributed by atoms with van der Waals surface area (Å²) in [5.74, 6) is -0.223. The summed E-state index contributed by atoms with van der Waals surface area (Å²) >= 11 is 0. The van der Waals surface area contributed by atoms with Crippen molar-refractivity contribution in [3.05, 3.63) is 49.1 Å². The molecule has 2 rings (SSSR count). The van der Waals surface area contributed by atoms with Crippen LogP contribution in [0.4, 0.5) is 0 Å². The normalized spacial score (nSPS) is 9.53. The monoisotopic (exact) mass is 322 g/mol. The molecule has 100 valence electrons. The van der Waals surface area contributed by atoms with Gasteiger partial charge in [0.25, 0.3) is 0 Å². The number of hydrogen-bond acceptors (Lipinski definition) is 3. The van der Waals surface area contributed by atoms with Crippen LogP contribution in [0.25, 0.3) is 11.1 Å². The second-order valence-corrected chi connectivity index (χ2v) is 3.80. The Kier molecular flexibility index (Phi) is 6.15. The fourth-order valence-electron chi connectivity index (χ4n) is 1.66. The summed E-state index contributed by atoms with van der Waals surface area (Å²) in [6, 6.07) is 7.83. The second kappa shape index (κ2) is 7.63. The van der Waals surface area contributed by atoms with Gasteiger partial charge in [0.2, 0.25) is 6.54 Å². The molecule has 0 saturated carbocycles. The van der Waals surface area contributed by atoms with Crippen molar-refractivity contribution in [1.82, 2.24) is 4.98 Å². The number of nitrogens with zero attached hydrogens (tertiary/aromatic N) is 2. The van der Waals surface area contributed by atoms with Gasteiger partial charge in [0, 0.05) is 24.5 Å². The molecule has 2 aromatic rings. The van der Waals surface area contributed by atoms with E-state index in [-0.39, 0.29) is 29.5 Å². The molecule has 4 nitrogen and oxygen atoms in total. The van der Waals surface area contributed by atoms with Gasteiger partial charge in [0.1, 0.15) is 0 Å². The second-order valence-electron chi connectivity index (χ2n) is 3.80. The Hall–Kier alpha value is -1.75. The molecule has 0 amide bonds. The van der Waals surface area contributed by atoms with Gasteiger partial charge in [-0.3, -0.25) is 4.98 Å². The Morgan fingerprint density at radius 1 is 1.16 bits per heavy atom. The summed E-state index contributed by atoms with van der Waals surface area (Å²) in [6.07, 6.45) is 7.25. The molecule has 5 heteroatoms. The molecular weight excluding hydrogens is 308 g/mol. The molecule has 0 aromatic carbocycles. The van der Waals surface area contributed by atoms with E-state index in [2.05, 4.69) is 4.98 Å². The molecule has 0 aliphatic carbocycles. The summed E-state index contributed by atoms with van der Waals surface area (Å²) in [7, 11) is 0. The van der Waals surface area contributed by atoms with E-state index in [0.29, 0.717) is 6.61 Å². The van der Waals surface area contributed by atoms with E-state index < -0.39 is 0 Å². The average Bonchev–Trinajstić information content (AvgIpc) is 2.41. The molecule has 0 saturated heterocycles. The van der Waals surface area contributed by atoms with E-state index in [0.717, 1.165) is 11.1 Å². The number of aromatic nitrogens is 2. The maximum absolute atomic E-state index is 11.3. The Balaban J connectivity index is 0.00000180. The highest BCUT2D eigenvalue weighted by Crippen LogP contribution is 2.15. The average molecular weight is 323 g/mol. The summed E-state index contributed by atoms with van der Waals surface area (Å²) in [6.45, 7) is 2.45. The molecule has 0 bridgehead atoms. The maximum atomic E-state index is 11.3. The van der Waals surface area contributed by atoms with Crippen LogP contribution in [0.15, 0.2) is 49.1 Å². The summed E-state index contributed by atoms with van der Waals surface area (Å²) in [5, 5.41) is 0. The maximum Gasteiger partial charge on any atom is 0.372 e. The number of carbonyl (C=O) groups excluding carboxylic acids is 1. The predicted molar refractivity (Wildman–Crippen MR) is 66.5 cm³/mol. The molecule has 0 aliphatic rings. The summed E-state index contributed by atoms with van der Waals surface area (Å²) in [5.41, 5.74) is 2.20. The van der Waals surface area contributed by atoms with E-state index >= 15 is 0 Å². The van der Waals surface area contributed by atoms with Crippen LogP contribution < -0.4 is 21.5 Å². The van der Waals surface area contributed by atoms with Gasteiger partial charge in [-0.2, -0.15) is 4.57 Å². The largest absolute Gasteiger partial charge is 1.00 e. The minimum absolute atomic E-state index is 0. The SMILES string of the molecule is CCOC(=O)C[n+]1ccc(-c2ccncc2)cc1.[Br-]. The lowest BCUT2D eigenvalue weighted by molar-refractivity contribution is -0.685. The third kappa shape index (κ3) is 4.44. The number of rotatable bonds is 4. The van der Waals surface area contributed by atoms with Crippen LogP contribution in [0, 0.1) is 0 Å². The number of halogens is 1. The third-order valence-corrected chi connectivity index (χ3v) is 2.52. The number of pyridine rings is 2. The first-order chi connectivity index (χ1) is 8.79. The Morgan fingerprint density at radius 3 is 2.32 bits per heavy atom. The highest BCUT2D eigenvalue weighted by Gasteiger charge is 2.09. The van der Waals surface area contributed by atoms with Gasteiger partial charge in [-0.25, -0.2) is 4.79 Å². The summed E-state index contributed by atoms with van der Waals surface area (Å²) < 4.78 is 6.69. The predicted octanol–water partition coefficient (Wildman–Crippen LogP) is -1.40. The minimum atomic E-state index is -0.223. The van der Waals surface area contributed by atoms with Gasteiger partial charge in [-0.05, 0) is 30.2 Å². The van der Waals surface area contributed by atoms with Gasteiger partial charge < -0.3 is 21.7 Å². The molecule has 0 spiro atoms. The Bertz CT molecular complexity index is 515. The molecule has 0 atom stereocenters. The van der Waals surface area contributed by atoms with Crippen LogP contribution in [0.1, 0.15) is 6.92 Å². The van der Waals surface area contributed by atoms with Crippen LogP contribution in [0.5, 0.6) is 0 Å². The summed E-state index contributed by atoms with van der Waals surface area (Å²) in [4.78, 5) is 15.3. The molecular formula is C14H15BrN2O2. The zero-order valence-electron chi connectivity index (χ0n) is 10.6. The fourth-order valence-corrected chi connectivity index (χ4v) is 1.66. The zero-order valence-corrected chi connectivity index (χ0v) is 12.2. The van der Waals surface area contributed by atoms with Crippen LogP contribution in [0.2, 0.25) is 0 Å². The van der Waals surface area contributed by atoms with Crippen molar-refractivity contribution in [3.8, 4) is 11.1 Å². The van der Waals surface area contributed by atoms with Crippen LogP contribution in [0.3, 0.4) is 0 Å². The van der Waals surface area contributed by atoms with Crippen molar-refractivity contribution in [3.63, 3.8) is 0 Å². The number of hydrogen-bond donors (Lipinski definition) is 0. The highest BCUT2D eigenvalue weighted by molar-refractivity contribution is 5.67. The lowest BCUT2D eigenvalue weighted by atomic mass is 10.1. The molecule has 2 aromatic heterocycles. The zero-order chi connectivity index (χ0) is 12.8. The first kappa shape index (κ1) is 15.3. The van der Waals surface area contributed by atoms with E-state index in [1.807, 2.05) is 36.7 Å². The van der Waals surface area contributed by atoms with Crippen molar-refractivity contribution in [1.29, 1.82) is 0 Å². The number of carbonyl (C=O) groups is 1. The van der Waals surface area contributed by atoms with Gasteiger partial charge in [0.15, 0.2) is 12.4 Å². The van der Waals surface area contributed by atoms with Gasteiger partial charge in [0.05, 0.1) is 6.61 Å². The molecule has 19 heavy (non-hydrogen) atoms. The van der Waals surface area contributed by atoms with Crippen LogP contribution >= 0.6 is 0 Å². The lowest BCUT2D eigenvalue weighted by Crippen LogP contribution is -3.00. The Labute approximate surface area is 122 Å². The smallest absolute Gasteiger partial charge is 0.372 e. The van der Waals surface area contributed by atoms with Crippen LogP contribution in [-0.2, 0) is 16.1 Å². The molecule has 0 aliphatic heterocycles. The molecule has 0 N–H and O–H groups in total. The van der Waals surface area contributed by atoms with Crippen molar-refractivity contribution >= 4 is 5.97 Å². The number of ether oxygens (including phenoxy) is 1. The third-order valence-electron chi connectivity index (χ3n) is 2.52. The van der Waals surface area contributed by atoms with E-state index in [9.17, 15) is 4.79 Å². The number of esters is 1. The molecule has 0 fully saturated rings. The van der Waals surface area contributed by atoms with Gasteiger partial charge >= 0.3 is 5.97 Å². The van der Waals surface area contributed by atoms with E-state index in [4.69, 9.17) is 4.74 Å². The van der Waals surface area contributed by atoms with E-state index in [1.54, 1.807) is 23.9 Å². The van der Waals surface area contributed by atoms with Gasteiger partial charge in [-0.15, -0.1) is 0 Å². The van der Waals surface area contributed by atoms with Crippen molar-refractivity contribution in [2.75, 3.05) is 6.61 Å². The first-order valence-electron chi connectivity index (χ1n) is 5.84. The van der Waals surface area contributed by atoms with E-state index in [1.165, 1.54) is 0 Å². The molecule has 2 heterocycles. The van der Waals surface area contributed by atoms with Crippen molar-refractivity contribution < 1.29 is 31.1 Å². The molecule has 0 radical (unpaired) electrons. The molecule has 0 unspecified atom stereocenters. The fraction of sp³-hybridized carbons (Fsp3) is 0.214. The van der Waals surface area contributed by atoms with Crippen LogP contribution in [-0.4, -0.2) is 17.6 Å². The standard InChI is InChI=1S/C14H15N2O2.BrH/c1-2-18-14(17)11-16-9-5-13(6-10-16)12-3-7-15-8-4-12;/h3-10H,2,11H2,1H3;1H/q+1;/p-1. The highest BCUT2D eigenvalue weighted by atomic mass is 79.9. The van der Waals surface area contributed by atoms with Crippen molar-refractivity contribution in [2.45, 2.75) is 13.5 Å². The first-order valence-corrected chi connectivity index (χ1v) is 5.84. The quantitative estimate of drug-likeness (QED) is 0.514. The minimum Gasteiger partial charge on any atom is -1.00 e. The Morgan fingerprint density at radius 2 is 1.74 bits per heavy atom. The van der Waals surface area contributed by atoms with Gasteiger partial charge in [-0.1, -0.05) is 0 Å². The van der Waals surface area contributed by atoms with Crippen molar-refractivity contribution in [2.24, 2.45) is 0 Å².